The number of carboxylic acids is 1. The number of carbonyl (C=O) groups is 1. The third-order valence-electron chi connectivity index (χ3n) is 2.53. The minimum absolute atomic E-state index is 0.573. The van der Waals surface area contributed by atoms with Gasteiger partial charge in [-0.2, -0.15) is 0 Å². The molecule has 0 spiro atoms. The fourth-order valence-corrected chi connectivity index (χ4v) is 1.80. The molecule has 1 atom stereocenters. The highest BCUT2D eigenvalue weighted by Gasteiger charge is 2.18. The van der Waals surface area contributed by atoms with Crippen LogP contribution in [0.1, 0.15) is 5.56 Å². The molecule has 0 saturated carbocycles. The maximum atomic E-state index is 11.1. The average Bonchev–Trinajstić information content (AvgIpc) is 2.32. The SMILES string of the molecule is O=C(O)C1C=CC=CC1=Cc1ccc(Cl)cc1. The maximum absolute atomic E-state index is 11.1. The Labute approximate surface area is 105 Å². The van der Waals surface area contributed by atoms with E-state index in [2.05, 4.69) is 0 Å². The largest absolute Gasteiger partial charge is 0.481 e. The Morgan fingerprint density at radius 2 is 1.94 bits per heavy atom. The molecular weight excluding hydrogens is 236 g/mol. The lowest BCUT2D eigenvalue weighted by atomic mass is 9.93. The molecular formula is C14H11ClO2. The zero-order valence-electron chi connectivity index (χ0n) is 9.01. The van der Waals surface area contributed by atoms with Crippen LogP contribution in [-0.2, 0) is 4.79 Å². The lowest BCUT2D eigenvalue weighted by Crippen LogP contribution is -2.13. The van der Waals surface area contributed by atoms with E-state index in [1.807, 2.05) is 30.4 Å². The van der Waals surface area contributed by atoms with Gasteiger partial charge in [-0.25, -0.2) is 0 Å². The van der Waals surface area contributed by atoms with E-state index in [4.69, 9.17) is 16.7 Å². The summed E-state index contributed by atoms with van der Waals surface area (Å²) in [6.45, 7) is 0. The van der Waals surface area contributed by atoms with E-state index in [1.165, 1.54) is 0 Å². The van der Waals surface area contributed by atoms with Gasteiger partial charge in [0.15, 0.2) is 0 Å². The molecule has 2 nitrogen and oxygen atoms in total. The molecule has 86 valence electrons. The summed E-state index contributed by atoms with van der Waals surface area (Å²) in [6, 6.07) is 7.29. The first-order valence-electron chi connectivity index (χ1n) is 5.21. The number of benzene rings is 1. The molecule has 0 saturated heterocycles. The molecule has 0 bridgehead atoms. The minimum Gasteiger partial charge on any atom is -0.481 e. The summed E-state index contributed by atoms with van der Waals surface area (Å²) >= 11 is 5.79. The molecule has 1 aliphatic carbocycles. The predicted octanol–water partition coefficient (Wildman–Crippen LogP) is 3.55. The van der Waals surface area contributed by atoms with Gasteiger partial charge in [-0.15, -0.1) is 0 Å². The number of hydrogen-bond acceptors (Lipinski definition) is 1. The van der Waals surface area contributed by atoms with E-state index in [0.717, 1.165) is 11.1 Å². The van der Waals surface area contributed by atoms with E-state index in [0.29, 0.717) is 5.02 Å². The summed E-state index contributed by atoms with van der Waals surface area (Å²) in [6.07, 6.45) is 8.92. The van der Waals surface area contributed by atoms with E-state index >= 15 is 0 Å². The maximum Gasteiger partial charge on any atom is 0.314 e. The zero-order chi connectivity index (χ0) is 12.3. The molecule has 3 heteroatoms. The first kappa shape index (κ1) is 11.7. The van der Waals surface area contributed by atoms with Crippen molar-refractivity contribution in [1.82, 2.24) is 0 Å². The molecule has 1 aromatic rings. The summed E-state index contributed by atoms with van der Waals surface area (Å²) in [4.78, 5) is 11.1. The van der Waals surface area contributed by atoms with Gasteiger partial charge >= 0.3 is 5.97 Å². The molecule has 0 heterocycles. The molecule has 17 heavy (non-hydrogen) atoms. The number of allylic oxidation sites excluding steroid dienone is 3. The van der Waals surface area contributed by atoms with Crippen LogP contribution in [0.3, 0.4) is 0 Å². The standard InChI is InChI=1S/C14H11ClO2/c15-12-7-5-10(6-8-12)9-11-3-1-2-4-13(11)14(16)17/h1-9,13H,(H,16,17). The van der Waals surface area contributed by atoms with Gasteiger partial charge in [-0.1, -0.05) is 54.1 Å². The molecule has 1 unspecified atom stereocenters. The monoisotopic (exact) mass is 246 g/mol. The third-order valence-corrected chi connectivity index (χ3v) is 2.78. The van der Waals surface area contributed by atoms with Crippen LogP contribution in [0.5, 0.6) is 0 Å². The van der Waals surface area contributed by atoms with Crippen LogP contribution in [0.2, 0.25) is 5.02 Å². The summed E-state index contributed by atoms with van der Waals surface area (Å²) in [5, 5.41) is 9.75. The van der Waals surface area contributed by atoms with Crippen molar-refractivity contribution in [3.8, 4) is 0 Å². The highest BCUT2D eigenvalue weighted by molar-refractivity contribution is 6.30. The molecule has 0 fully saturated rings. The average molecular weight is 247 g/mol. The predicted molar refractivity (Wildman–Crippen MR) is 68.8 cm³/mol. The van der Waals surface area contributed by atoms with Gasteiger partial charge in [0.1, 0.15) is 5.92 Å². The summed E-state index contributed by atoms with van der Waals surface area (Å²) < 4.78 is 0. The second-order valence-corrected chi connectivity index (χ2v) is 4.19. The quantitative estimate of drug-likeness (QED) is 0.867. The number of halogens is 1. The van der Waals surface area contributed by atoms with Crippen molar-refractivity contribution < 1.29 is 9.90 Å². The summed E-state index contributed by atoms with van der Waals surface area (Å²) in [7, 11) is 0. The fraction of sp³-hybridized carbons (Fsp3) is 0.0714. The lowest BCUT2D eigenvalue weighted by Gasteiger charge is -2.12. The fourth-order valence-electron chi connectivity index (χ4n) is 1.67. The highest BCUT2D eigenvalue weighted by Crippen LogP contribution is 2.22. The van der Waals surface area contributed by atoms with Crippen LogP contribution in [0.15, 0.2) is 54.1 Å². The van der Waals surface area contributed by atoms with Crippen LogP contribution in [-0.4, -0.2) is 11.1 Å². The van der Waals surface area contributed by atoms with Gasteiger partial charge < -0.3 is 5.11 Å². The molecule has 1 N–H and O–H groups in total. The van der Waals surface area contributed by atoms with Gasteiger partial charge in [-0.05, 0) is 23.3 Å². The van der Waals surface area contributed by atoms with Gasteiger partial charge in [0.05, 0.1) is 0 Å². The second-order valence-electron chi connectivity index (χ2n) is 3.76. The minimum atomic E-state index is -0.842. The van der Waals surface area contributed by atoms with Crippen molar-refractivity contribution in [2.24, 2.45) is 5.92 Å². The first-order valence-corrected chi connectivity index (χ1v) is 5.59. The number of rotatable bonds is 2. The van der Waals surface area contributed by atoms with E-state index in [-0.39, 0.29) is 0 Å². The summed E-state index contributed by atoms with van der Waals surface area (Å²) in [5.41, 5.74) is 1.71. The Kier molecular flexibility index (Phi) is 3.45. The lowest BCUT2D eigenvalue weighted by molar-refractivity contribution is -0.138. The van der Waals surface area contributed by atoms with Crippen LogP contribution in [0.25, 0.3) is 6.08 Å². The first-order chi connectivity index (χ1) is 8.16. The Morgan fingerprint density at radius 3 is 2.59 bits per heavy atom. The molecule has 0 aromatic heterocycles. The molecule has 0 radical (unpaired) electrons. The van der Waals surface area contributed by atoms with Crippen molar-refractivity contribution in [1.29, 1.82) is 0 Å². The Hall–Kier alpha value is -1.80. The van der Waals surface area contributed by atoms with Gasteiger partial charge in [0.2, 0.25) is 0 Å². The van der Waals surface area contributed by atoms with Crippen molar-refractivity contribution >= 4 is 23.6 Å². The topological polar surface area (TPSA) is 37.3 Å². The third kappa shape index (κ3) is 2.86. The van der Waals surface area contributed by atoms with Crippen LogP contribution >= 0.6 is 11.6 Å². The van der Waals surface area contributed by atoms with Crippen LogP contribution < -0.4 is 0 Å². The Bertz CT molecular complexity index is 510. The van der Waals surface area contributed by atoms with Crippen LogP contribution in [0, 0.1) is 5.92 Å². The second kappa shape index (κ2) is 5.02. The molecule has 2 rings (SSSR count). The Balaban J connectivity index is 2.31. The van der Waals surface area contributed by atoms with Gasteiger partial charge in [-0.3, -0.25) is 4.79 Å². The van der Waals surface area contributed by atoms with Crippen molar-refractivity contribution in [2.75, 3.05) is 0 Å². The van der Waals surface area contributed by atoms with Crippen molar-refractivity contribution in [2.45, 2.75) is 0 Å². The highest BCUT2D eigenvalue weighted by atomic mass is 35.5. The molecule has 1 aliphatic rings. The molecule has 0 aliphatic heterocycles. The van der Waals surface area contributed by atoms with E-state index in [1.54, 1.807) is 24.3 Å². The number of hydrogen-bond donors (Lipinski definition) is 1. The van der Waals surface area contributed by atoms with E-state index < -0.39 is 11.9 Å². The number of carboxylic acid groups (broad SMARTS) is 1. The van der Waals surface area contributed by atoms with Gasteiger partial charge in [0, 0.05) is 5.02 Å². The molecule has 1 aromatic carbocycles. The van der Waals surface area contributed by atoms with E-state index in [9.17, 15) is 4.79 Å². The Morgan fingerprint density at radius 1 is 1.24 bits per heavy atom. The number of aliphatic carboxylic acids is 1. The summed E-state index contributed by atoms with van der Waals surface area (Å²) in [5.74, 6) is -1.42. The van der Waals surface area contributed by atoms with Crippen molar-refractivity contribution in [3.05, 3.63) is 64.7 Å². The van der Waals surface area contributed by atoms with Gasteiger partial charge in [0.25, 0.3) is 0 Å². The zero-order valence-corrected chi connectivity index (χ0v) is 9.76. The molecule has 0 amide bonds. The normalized spacial score (nSPS) is 20.8. The smallest absolute Gasteiger partial charge is 0.314 e. The van der Waals surface area contributed by atoms with Crippen LogP contribution in [0.4, 0.5) is 0 Å². The van der Waals surface area contributed by atoms with Crippen molar-refractivity contribution in [3.63, 3.8) is 0 Å².